The van der Waals surface area contributed by atoms with Gasteiger partial charge in [-0.3, -0.25) is 0 Å². The maximum atomic E-state index is 13.1. The molecule has 0 unspecified atom stereocenters. The summed E-state index contributed by atoms with van der Waals surface area (Å²) in [6.45, 7) is -0.000143. The average molecular weight is 305 g/mol. The lowest BCUT2D eigenvalue weighted by Crippen LogP contribution is -2.27. The molecule has 1 aromatic heterocycles. The van der Waals surface area contributed by atoms with Gasteiger partial charge in [0.25, 0.3) is 0 Å². The number of hydrogen-bond donors (Lipinski definition) is 0. The Morgan fingerprint density at radius 3 is 2.76 bits per heavy atom. The second-order valence-corrected chi connectivity index (χ2v) is 6.37. The lowest BCUT2D eigenvalue weighted by Gasteiger charge is -2.17. The van der Waals surface area contributed by atoms with Crippen molar-refractivity contribution in [2.75, 3.05) is 7.05 Å². The number of pyridine rings is 1. The first-order chi connectivity index (χ1) is 9.95. The number of rotatable bonds is 4. The molecule has 7 heteroatoms. The number of nitriles is 1. The van der Waals surface area contributed by atoms with E-state index in [0.717, 1.165) is 4.31 Å². The Morgan fingerprint density at radius 1 is 1.33 bits per heavy atom. The molecule has 0 fully saturated rings. The molecule has 2 rings (SSSR count). The van der Waals surface area contributed by atoms with Crippen molar-refractivity contribution in [1.82, 2.24) is 9.29 Å². The Bertz CT molecular complexity index is 800. The second kappa shape index (κ2) is 5.99. The molecule has 0 atom stereocenters. The van der Waals surface area contributed by atoms with Gasteiger partial charge >= 0.3 is 0 Å². The molecule has 0 spiro atoms. The van der Waals surface area contributed by atoms with Gasteiger partial charge in [-0.05, 0) is 29.8 Å². The van der Waals surface area contributed by atoms with Crippen molar-refractivity contribution >= 4 is 10.0 Å². The van der Waals surface area contributed by atoms with Crippen LogP contribution < -0.4 is 0 Å². The molecule has 0 N–H and O–H groups in total. The van der Waals surface area contributed by atoms with Crippen LogP contribution in [0.15, 0.2) is 47.5 Å². The third-order valence-electron chi connectivity index (χ3n) is 2.86. The van der Waals surface area contributed by atoms with Crippen LogP contribution in [-0.4, -0.2) is 24.8 Å². The van der Waals surface area contributed by atoms with Gasteiger partial charge < -0.3 is 0 Å². The molecule has 0 saturated carbocycles. The molecule has 0 amide bonds. The monoisotopic (exact) mass is 305 g/mol. The summed E-state index contributed by atoms with van der Waals surface area (Å²) >= 11 is 0. The van der Waals surface area contributed by atoms with Crippen LogP contribution in [0.3, 0.4) is 0 Å². The molecule has 5 nitrogen and oxygen atoms in total. The minimum atomic E-state index is -3.87. The van der Waals surface area contributed by atoms with E-state index >= 15 is 0 Å². The van der Waals surface area contributed by atoms with Crippen LogP contribution in [0.4, 0.5) is 4.39 Å². The summed E-state index contributed by atoms with van der Waals surface area (Å²) in [4.78, 5) is 3.58. The molecule has 21 heavy (non-hydrogen) atoms. The van der Waals surface area contributed by atoms with Gasteiger partial charge in [-0.15, -0.1) is 0 Å². The van der Waals surface area contributed by atoms with Crippen molar-refractivity contribution in [3.8, 4) is 6.07 Å². The first-order valence-corrected chi connectivity index (χ1v) is 7.45. The van der Waals surface area contributed by atoms with Crippen LogP contribution in [0.25, 0.3) is 0 Å². The number of hydrogen-bond acceptors (Lipinski definition) is 4. The Balaban J connectivity index is 2.33. The molecule has 0 bridgehead atoms. The van der Waals surface area contributed by atoms with Crippen LogP contribution in [0.1, 0.15) is 11.3 Å². The molecular formula is C14H12FN3O2S. The van der Waals surface area contributed by atoms with E-state index in [9.17, 15) is 12.8 Å². The van der Waals surface area contributed by atoms with Crippen molar-refractivity contribution in [3.05, 3.63) is 59.7 Å². The second-order valence-electron chi connectivity index (χ2n) is 4.35. The van der Waals surface area contributed by atoms with Crippen molar-refractivity contribution < 1.29 is 12.8 Å². The smallest absolute Gasteiger partial charge is 0.244 e. The van der Waals surface area contributed by atoms with Crippen LogP contribution in [-0.2, 0) is 16.6 Å². The largest absolute Gasteiger partial charge is 0.246 e. The third-order valence-corrected chi connectivity index (χ3v) is 4.69. The van der Waals surface area contributed by atoms with Gasteiger partial charge in [0.1, 0.15) is 16.8 Å². The minimum Gasteiger partial charge on any atom is -0.244 e. The summed E-state index contributed by atoms with van der Waals surface area (Å²) in [6.07, 6.45) is 1.35. The highest BCUT2D eigenvalue weighted by molar-refractivity contribution is 7.89. The zero-order valence-electron chi connectivity index (χ0n) is 11.2. The SMILES string of the molecule is CN(Cc1cccc(F)c1)S(=O)(=O)c1cccnc1C#N. The highest BCUT2D eigenvalue weighted by atomic mass is 32.2. The van der Waals surface area contributed by atoms with Crippen LogP contribution in [0.5, 0.6) is 0 Å². The topological polar surface area (TPSA) is 74.1 Å². The molecule has 108 valence electrons. The van der Waals surface area contributed by atoms with Gasteiger partial charge in [0.05, 0.1) is 0 Å². The normalized spacial score (nSPS) is 11.3. The van der Waals surface area contributed by atoms with Crippen molar-refractivity contribution in [2.45, 2.75) is 11.4 Å². The fourth-order valence-corrected chi connectivity index (χ4v) is 3.08. The Hall–Kier alpha value is -2.30. The Morgan fingerprint density at radius 2 is 2.10 bits per heavy atom. The van der Waals surface area contributed by atoms with Crippen LogP contribution >= 0.6 is 0 Å². The first kappa shape index (κ1) is 15.1. The van der Waals surface area contributed by atoms with Gasteiger partial charge in [0.15, 0.2) is 5.69 Å². The highest BCUT2D eigenvalue weighted by Crippen LogP contribution is 2.19. The molecule has 0 radical (unpaired) electrons. The van der Waals surface area contributed by atoms with E-state index in [4.69, 9.17) is 5.26 Å². The van der Waals surface area contributed by atoms with E-state index in [0.29, 0.717) is 5.56 Å². The van der Waals surface area contributed by atoms with Gasteiger partial charge in [-0.25, -0.2) is 17.8 Å². The summed E-state index contributed by atoms with van der Waals surface area (Å²) in [5.41, 5.74) is 0.354. The highest BCUT2D eigenvalue weighted by Gasteiger charge is 2.24. The maximum absolute atomic E-state index is 13.1. The summed E-state index contributed by atoms with van der Waals surface area (Å²) in [7, 11) is -2.50. The first-order valence-electron chi connectivity index (χ1n) is 6.01. The summed E-state index contributed by atoms with van der Waals surface area (Å²) in [6, 6.07) is 10.2. The summed E-state index contributed by atoms with van der Waals surface area (Å²) < 4.78 is 39.1. The molecule has 1 heterocycles. The van der Waals surface area contributed by atoms with Crippen molar-refractivity contribution in [1.29, 1.82) is 5.26 Å². The van der Waals surface area contributed by atoms with Gasteiger partial charge in [0, 0.05) is 19.8 Å². The lowest BCUT2D eigenvalue weighted by molar-refractivity contribution is 0.465. The predicted molar refractivity (Wildman–Crippen MR) is 74.0 cm³/mol. The number of halogens is 1. The maximum Gasteiger partial charge on any atom is 0.246 e. The number of nitrogens with zero attached hydrogens (tertiary/aromatic N) is 3. The van der Waals surface area contributed by atoms with E-state index in [1.54, 1.807) is 12.1 Å². The van der Waals surface area contributed by atoms with Gasteiger partial charge in [0.2, 0.25) is 10.0 Å². The molecular weight excluding hydrogens is 293 g/mol. The van der Waals surface area contributed by atoms with E-state index < -0.39 is 15.8 Å². The summed E-state index contributed by atoms with van der Waals surface area (Å²) in [5, 5.41) is 8.94. The molecule has 0 aliphatic rings. The number of sulfonamides is 1. The van der Waals surface area contributed by atoms with Crippen molar-refractivity contribution in [2.24, 2.45) is 0 Å². The fourth-order valence-electron chi connectivity index (χ4n) is 1.83. The summed E-state index contributed by atoms with van der Waals surface area (Å²) in [5.74, 6) is -0.433. The number of aromatic nitrogens is 1. The molecule has 1 aromatic carbocycles. The molecule has 2 aromatic rings. The van der Waals surface area contributed by atoms with E-state index in [1.807, 2.05) is 0 Å². The Labute approximate surface area is 122 Å². The van der Waals surface area contributed by atoms with Gasteiger partial charge in [-0.1, -0.05) is 12.1 Å². The zero-order valence-corrected chi connectivity index (χ0v) is 12.0. The van der Waals surface area contributed by atoms with Crippen molar-refractivity contribution in [3.63, 3.8) is 0 Å². The minimum absolute atomic E-state index is 0.000143. The van der Waals surface area contributed by atoms with Gasteiger partial charge in [-0.2, -0.15) is 9.57 Å². The van der Waals surface area contributed by atoms with Crippen LogP contribution in [0, 0.1) is 17.1 Å². The van der Waals surface area contributed by atoms with E-state index in [2.05, 4.69) is 4.98 Å². The number of benzene rings is 1. The van der Waals surface area contributed by atoms with Crippen LogP contribution in [0.2, 0.25) is 0 Å². The predicted octanol–water partition coefficient (Wildman–Crippen LogP) is 1.91. The quantitative estimate of drug-likeness (QED) is 0.865. The zero-order chi connectivity index (χ0) is 15.5. The fraction of sp³-hybridized carbons (Fsp3) is 0.143. The standard InChI is InChI=1S/C14H12FN3O2S/c1-18(10-11-4-2-5-12(15)8-11)21(19,20)14-6-3-7-17-13(14)9-16/h2-8H,10H2,1H3. The third kappa shape index (κ3) is 3.24. The van der Waals surface area contributed by atoms with E-state index in [-0.39, 0.29) is 17.1 Å². The lowest BCUT2D eigenvalue weighted by atomic mass is 10.2. The Kier molecular flexibility index (Phi) is 4.31. The molecule has 0 saturated heterocycles. The average Bonchev–Trinajstić information content (AvgIpc) is 2.47. The van der Waals surface area contributed by atoms with E-state index in [1.165, 1.54) is 43.6 Å². The molecule has 0 aliphatic heterocycles. The molecule has 0 aliphatic carbocycles.